The lowest BCUT2D eigenvalue weighted by Gasteiger charge is -2.19. The molecule has 0 heterocycles. The highest BCUT2D eigenvalue weighted by Gasteiger charge is 2.18. The summed E-state index contributed by atoms with van der Waals surface area (Å²) in [5.74, 6) is -0.0665. The van der Waals surface area contributed by atoms with Gasteiger partial charge in [0.2, 0.25) is 5.91 Å². The summed E-state index contributed by atoms with van der Waals surface area (Å²) in [6.07, 6.45) is 89.4. The van der Waals surface area contributed by atoms with Crippen LogP contribution in [0.15, 0.2) is 36.5 Å². The van der Waals surface area contributed by atoms with Gasteiger partial charge >= 0.3 is 0 Å². The van der Waals surface area contributed by atoms with E-state index in [0.717, 1.165) is 32.1 Å². The van der Waals surface area contributed by atoms with Gasteiger partial charge in [-0.25, -0.2) is 0 Å². The zero-order chi connectivity index (χ0) is 52.7. The first-order valence-corrected chi connectivity index (χ1v) is 33.7. The van der Waals surface area contributed by atoms with Crippen LogP contribution >= 0.6 is 0 Å². The molecule has 0 aliphatic carbocycles. The molecule has 2 atom stereocenters. The first kappa shape index (κ1) is 71.6. The highest BCUT2D eigenvalue weighted by atomic mass is 16.3. The Morgan fingerprint density at radius 3 is 0.795 bits per heavy atom. The third kappa shape index (κ3) is 61.3. The van der Waals surface area contributed by atoms with Crippen molar-refractivity contribution in [1.29, 1.82) is 0 Å². The van der Waals surface area contributed by atoms with Gasteiger partial charge in [0.25, 0.3) is 0 Å². The molecular formula is C69H133NO3. The lowest BCUT2D eigenvalue weighted by atomic mass is 10.0. The second-order valence-corrected chi connectivity index (χ2v) is 23.2. The Kier molecular flexibility index (Phi) is 63.7. The summed E-state index contributed by atoms with van der Waals surface area (Å²) in [7, 11) is 0. The number of amides is 1. The van der Waals surface area contributed by atoms with Crippen LogP contribution in [0.2, 0.25) is 0 Å². The minimum Gasteiger partial charge on any atom is -0.394 e. The first-order valence-electron chi connectivity index (χ1n) is 33.7. The molecule has 0 aliphatic rings. The van der Waals surface area contributed by atoms with Gasteiger partial charge in [-0.05, 0) is 57.8 Å². The minimum atomic E-state index is -0.863. The normalized spacial score (nSPS) is 12.9. The van der Waals surface area contributed by atoms with Crippen molar-refractivity contribution in [2.24, 2.45) is 0 Å². The predicted octanol–water partition coefficient (Wildman–Crippen LogP) is 22.8. The summed E-state index contributed by atoms with van der Waals surface area (Å²) in [5.41, 5.74) is 0. The molecule has 0 aromatic carbocycles. The molecule has 0 aromatic heterocycles. The number of aliphatic hydroxyl groups excluding tert-OH is 2. The number of hydrogen-bond donors (Lipinski definition) is 3. The first-order chi connectivity index (χ1) is 36.2. The van der Waals surface area contributed by atoms with Crippen molar-refractivity contribution < 1.29 is 15.0 Å². The quantitative estimate of drug-likeness (QED) is 0.0420. The molecule has 0 saturated heterocycles. The third-order valence-electron chi connectivity index (χ3n) is 15.8. The summed E-state index contributed by atoms with van der Waals surface area (Å²) in [6.45, 7) is 4.34. The van der Waals surface area contributed by atoms with Gasteiger partial charge in [0.1, 0.15) is 0 Å². The van der Waals surface area contributed by atoms with Gasteiger partial charge in [0, 0.05) is 6.42 Å². The standard InChI is InChI=1S/C69H133NO3/c1-3-5-7-9-11-13-15-17-19-21-23-25-27-29-31-33-34-35-37-38-40-42-44-46-48-50-52-54-56-58-60-62-64-68(72)67(66-71)70-69(73)65-63-61-59-57-55-53-51-49-47-45-43-41-39-36-32-30-28-26-24-22-20-18-16-14-12-10-8-6-4-2/h22,24,54,56,62,64,67-68,71-72H,3-21,23,25-53,55,57-61,63,65-66H2,1-2H3,(H,70,73)/b24-22-,56-54+,64-62+. The molecule has 0 aliphatic heterocycles. The number of rotatable bonds is 63. The molecule has 0 saturated carbocycles. The predicted molar refractivity (Wildman–Crippen MR) is 327 cm³/mol. The summed E-state index contributed by atoms with van der Waals surface area (Å²) in [4.78, 5) is 12.5. The van der Waals surface area contributed by atoms with E-state index in [4.69, 9.17) is 0 Å². The second kappa shape index (κ2) is 64.9. The second-order valence-electron chi connectivity index (χ2n) is 23.2. The van der Waals surface area contributed by atoms with Gasteiger partial charge in [0.15, 0.2) is 0 Å². The van der Waals surface area contributed by atoms with E-state index in [-0.39, 0.29) is 12.5 Å². The van der Waals surface area contributed by atoms with Crippen LogP contribution in [0.3, 0.4) is 0 Å². The van der Waals surface area contributed by atoms with E-state index in [1.807, 2.05) is 6.08 Å². The molecule has 0 fully saturated rings. The maximum Gasteiger partial charge on any atom is 0.220 e. The van der Waals surface area contributed by atoms with Crippen molar-refractivity contribution in [3.63, 3.8) is 0 Å². The van der Waals surface area contributed by atoms with Gasteiger partial charge in [0.05, 0.1) is 18.8 Å². The van der Waals surface area contributed by atoms with E-state index in [9.17, 15) is 15.0 Å². The maximum absolute atomic E-state index is 12.5. The summed E-state index contributed by atoms with van der Waals surface area (Å²) in [5, 5.41) is 23.3. The maximum atomic E-state index is 12.5. The highest BCUT2D eigenvalue weighted by molar-refractivity contribution is 5.76. The van der Waals surface area contributed by atoms with Crippen LogP contribution in [0.1, 0.15) is 380 Å². The van der Waals surface area contributed by atoms with Crippen LogP contribution < -0.4 is 5.32 Å². The van der Waals surface area contributed by atoms with Gasteiger partial charge < -0.3 is 15.5 Å². The lowest BCUT2D eigenvalue weighted by Crippen LogP contribution is -2.45. The van der Waals surface area contributed by atoms with Crippen LogP contribution in [0.25, 0.3) is 0 Å². The zero-order valence-corrected chi connectivity index (χ0v) is 49.9. The number of hydrogen-bond acceptors (Lipinski definition) is 3. The van der Waals surface area contributed by atoms with Gasteiger partial charge in [-0.15, -0.1) is 0 Å². The van der Waals surface area contributed by atoms with Crippen molar-refractivity contribution in [3.05, 3.63) is 36.5 Å². The monoisotopic (exact) mass is 1020 g/mol. The number of aliphatic hydroxyl groups is 2. The fourth-order valence-electron chi connectivity index (χ4n) is 10.7. The molecule has 0 bridgehead atoms. The lowest BCUT2D eigenvalue weighted by molar-refractivity contribution is -0.123. The largest absolute Gasteiger partial charge is 0.394 e. The fourth-order valence-corrected chi connectivity index (χ4v) is 10.7. The molecule has 4 nitrogen and oxygen atoms in total. The summed E-state index contributed by atoms with van der Waals surface area (Å²) >= 11 is 0. The SMILES string of the molecule is CCCCCCCCCC/C=C\CCCCCCCCCCCCCCCCCCCC(=O)NC(CO)C(O)/C=C/CC/C=C/CCCCCCCCCCCCCCCCCCCCCCCCCCCC. The zero-order valence-electron chi connectivity index (χ0n) is 49.9. The van der Waals surface area contributed by atoms with Crippen molar-refractivity contribution in [1.82, 2.24) is 5.32 Å². The molecule has 0 aromatic rings. The van der Waals surface area contributed by atoms with E-state index in [1.54, 1.807) is 6.08 Å². The number of unbranched alkanes of at least 4 members (excludes halogenated alkanes) is 52. The molecule has 73 heavy (non-hydrogen) atoms. The van der Waals surface area contributed by atoms with E-state index in [2.05, 4.69) is 43.5 Å². The molecule has 1 amide bonds. The summed E-state index contributed by atoms with van der Waals surface area (Å²) in [6, 6.07) is -0.639. The highest BCUT2D eigenvalue weighted by Crippen LogP contribution is 2.19. The van der Waals surface area contributed by atoms with Crippen molar-refractivity contribution >= 4 is 5.91 Å². The average molecular weight is 1020 g/mol. The van der Waals surface area contributed by atoms with Crippen LogP contribution in [0, 0.1) is 0 Å². The van der Waals surface area contributed by atoms with E-state index in [1.165, 1.54) is 327 Å². The summed E-state index contributed by atoms with van der Waals surface area (Å²) < 4.78 is 0. The number of carbonyl (C=O) groups is 1. The molecule has 3 N–H and O–H groups in total. The number of carbonyl (C=O) groups excluding carboxylic acids is 1. The molecular weight excluding hydrogens is 891 g/mol. The van der Waals surface area contributed by atoms with Crippen LogP contribution in [0.4, 0.5) is 0 Å². The van der Waals surface area contributed by atoms with Gasteiger partial charge in [-0.2, -0.15) is 0 Å². The molecule has 2 unspecified atom stereocenters. The molecule has 4 heteroatoms. The Morgan fingerprint density at radius 2 is 0.534 bits per heavy atom. The Hall–Kier alpha value is -1.39. The van der Waals surface area contributed by atoms with Crippen LogP contribution in [-0.4, -0.2) is 34.9 Å². The van der Waals surface area contributed by atoms with E-state index < -0.39 is 12.1 Å². The van der Waals surface area contributed by atoms with Gasteiger partial charge in [-0.3, -0.25) is 4.79 Å². The fraction of sp³-hybridized carbons (Fsp3) is 0.899. The third-order valence-corrected chi connectivity index (χ3v) is 15.8. The van der Waals surface area contributed by atoms with Crippen molar-refractivity contribution in [3.8, 4) is 0 Å². The Balaban J connectivity index is 3.45. The smallest absolute Gasteiger partial charge is 0.220 e. The van der Waals surface area contributed by atoms with Crippen molar-refractivity contribution in [2.45, 2.75) is 392 Å². The topological polar surface area (TPSA) is 69.6 Å². The molecule has 432 valence electrons. The van der Waals surface area contributed by atoms with E-state index >= 15 is 0 Å². The molecule has 0 radical (unpaired) electrons. The number of nitrogens with one attached hydrogen (secondary N) is 1. The Morgan fingerprint density at radius 1 is 0.315 bits per heavy atom. The number of allylic oxidation sites excluding steroid dienone is 5. The Bertz CT molecular complexity index is 1110. The Labute approximate surface area is 459 Å². The van der Waals surface area contributed by atoms with Crippen LogP contribution in [-0.2, 0) is 4.79 Å². The minimum absolute atomic E-state index is 0.0665. The van der Waals surface area contributed by atoms with E-state index in [0.29, 0.717) is 6.42 Å². The molecule has 0 spiro atoms. The average Bonchev–Trinajstić information content (AvgIpc) is 3.40. The molecule has 0 rings (SSSR count). The van der Waals surface area contributed by atoms with Crippen molar-refractivity contribution in [2.75, 3.05) is 6.61 Å². The van der Waals surface area contributed by atoms with Crippen LogP contribution in [0.5, 0.6) is 0 Å². The van der Waals surface area contributed by atoms with Gasteiger partial charge in [-0.1, -0.05) is 352 Å².